The monoisotopic (exact) mass is 441 g/mol. The van der Waals surface area contributed by atoms with Gasteiger partial charge in [0.05, 0.1) is 0 Å². The highest BCUT2D eigenvalue weighted by atomic mass is 35.5. The van der Waals surface area contributed by atoms with Crippen LogP contribution in [0.25, 0.3) is 0 Å². The van der Waals surface area contributed by atoms with Crippen LogP contribution in [0.3, 0.4) is 0 Å². The van der Waals surface area contributed by atoms with E-state index in [9.17, 15) is 9.59 Å². The summed E-state index contributed by atoms with van der Waals surface area (Å²) in [6.07, 6.45) is 3.57. The van der Waals surface area contributed by atoms with Crippen LogP contribution in [0.4, 0.5) is 0 Å². The first-order valence-electron chi connectivity index (χ1n) is 11.0. The van der Waals surface area contributed by atoms with E-state index >= 15 is 0 Å². The summed E-state index contributed by atoms with van der Waals surface area (Å²) >= 11 is 6.49. The van der Waals surface area contributed by atoms with Crippen molar-refractivity contribution in [2.24, 2.45) is 0 Å². The zero-order valence-corrected chi connectivity index (χ0v) is 19.1. The summed E-state index contributed by atoms with van der Waals surface area (Å²) in [6.45, 7) is 4.75. The second-order valence-electron chi connectivity index (χ2n) is 8.31. The average Bonchev–Trinajstić information content (AvgIpc) is 3.32. The van der Waals surface area contributed by atoms with Gasteiger partial charge in [0.25, 0.3) is 5.91 Å². The molecule has 2 atom stereocenters. The van der Waals surface area contributed by atoms with E-state index in [4.69, 9.17) is 11.6 Å². The standard InChI is InChI=1S/C25H32ClN3O2/c1-18(19-8-4-3-5-9-19)14-24(30)28-17-22(29-12-6-7-13-29)15-20-10-11-21(16-23(20)26)25(31)27-2/h3-5,8-11,16,18,22H,6-7,12-15,17H2,1-2H3,(H,27,31)(H,28,30). The van der Waals surface area contributed by atoms with Gasteiger partial charge in [-0.3, -0.25) is 14.5 Å². The lowest BCUT2D eigenvalue weighted by molar-refractivity contribution is -0.121. The third kappa shape index (κ3) is 6.55. The maximum Gasteiger partial charge on any atom is 0.251 e. The summed E-state index contributed by atoms with van der Waals surface area (Å²) in [7, 11) is 1.61. The van der Waals surface area contributed by atoms with Crippen molar-refractivity contribution in [3.05, 3.63) is 70.2 Å². The van der Waals surface area contributed by atoms with Crippen LogP contribution in [0.1, 0.15) is 53.6 Å². The molecule has 166 valence electrons. The van der Waals surface area contributed by atoms with Gasteiger partial charge in [0.15, 0.2) is 0 Å². The van der Waals surface area contributed by atoms with Crippen LogP contribution in [0.15, 0.2) is 48.5 Å². The molecule has 1 aliphatic rings. The van der Waals surface area contributed by atoms with E-state index < -0.39 is 0 Å². The Bertz CT molecular complexity index is 882. The molecule has 0 saturated carbocycles. The molecule has 1 aliphatic heterocycles. The summed E-state index contributed by atoms with van der Waals surface area (Å²) < 4.78 is 0. The van der Waals surface area contributed by atoms with Gasteiger partial charge in [-0.05, 0) is 61.5 Å². The molecule has 2 N–H and O–H groups in total. The number of nitrogens with zero attached hydrogens (tertiary/aromatic N) is 1. The van der Waals surface area contributed by atoms with Crippen molar-refractivity contribution >= 4 is 23.4 Å². The van der Waals surface area contributed by atoms with E-state index in [2.05, 4.69) is 34.6 Å². The van der Waals surface area contributed by atoms with E-state index in [1.807, 2.05) is 24.3 Å². The van der Waals surface area contributed by atoms with Crippen molar-refractivity contribution in [2.75, 3.05) is 26.7 Å². The maximum absolute atomic E-state index is 12.6. The third-order valence-electron chi connectivity index (χ3n) is 6.05. The smallest absolute Gasteiger partial charge is 0.251 e. The molecule has 2 aromatic rings. The predicted molar refractivity (Wildman–Crippen MR) is 126 cm³/mol. The Morgan fingerprint density at radius 2 is 1.81 bits per heavy atom. The zero-order valence-electron chi connectivity index (χ0n) is 18.4. The molecule has 31 heavy (non-hydrogen) atoms. The fourth-order valence-electron chi connectivity index (χ4n) is 4.17. The molecule has 0 aliphatic carbocycles. The Morgan fingerprint density at radius 1 is 1.10 bits per heavy atom. The fraction of sp³-hybridized carbons (Fsp3) is 0.440. The van der Waals surface area contributed by atoms with Gasteiger partial charge >= 0.3 is 0 Å². The summed E-state index contributed by atoms with van der Waals surface area (Å²) in [4.78, 5) is 26.9. The minimum Gasteiger partial charge on any atom is -0.355 e. The van der Waals surface area contributed by atoms with E-state index in [1.165, 1.54) is 18.4 Å². The number of hydrogen-bond donors (Lipinski definition) is 2. The Hall–Kier alpha value is -2.37. The van der Waals surface area contributed by atoms with E-state index in [-0.39, 0.29) is 23.8 Å². The highest BCUT2D eigenvalue weighted by molar-refractivity contribution is 6.31. The van der Waals surface area contributed by atoms with Gasteiger partial charge in [-0.1, -0.05) is 54.9 Å². The summed E-state index contributed by atoms with van der Waals surface area (Å²) in [5, 5.41) is 6.36. The van der Waals surface area contributed by atoms with Gasteiger partial charge < -0.3 is 10.6 Å². The van der Waals surface area contributed by atoms with Crippen LogP contribution in [0.2, 0.25) is 5.02 Å². The summed E-state index contributed by atoms with van der Waals surface area (Å²) in [5.74, 6) is 0.101. The van der Waals surface area contributed by atoms with Crippen molar-refractivity contribution in [1.29, 1.82) is 0 Å². The lowest BCUT2D eigenvalue weighted by atomic mass is 9.97. The van der Waals surface area contributed by atoms with Gasteiger partial charge in [0, 0.05) is 36.6 Å². The van der Waals surface area contributed by atoms with Crippen LogP contribution in [0.5, 0.6) is 0 Å². The van der Waals surface area contributed by atoms with Gasteiger partial charge in [-0.25, -0.2) is 0 Å². The van der Waals surface area contributed by atoms with Crippen molar-refractivity contribution in [3.63, 3.8) is 0 Å². The number of nitrogens with one attached hydrogen (secondary N) is 2. The van der Waals surface area contributed by atoms with E-state index in [1.54, 1.807) is 19.2 Å². The fourth-order valence-corrected chi connectivity index (χ4v) is 4.43. The number of likely N-dealkylation sites (tertiary alicyclic amines) is 1. The number of hydrogen-bond acceptors (Lipinski definition) is 3. The first kappa shape index (κ1) is 23.3. The van der Waals surface area contributed by atoms with Crippen LogP contribution >= 0.6 is 11.6 Å². The van der Waals surface area contributed by atoms with Crippen LogP contribution in [-0.2, 0) is 11.2 Å². The normalized spacial score (nSPS) is 16.0. The topological polar surface area (TPSA) is 61.4 Å². The summed E-state index contributed by atoms with van der Waals surface area (Å²) in [5.41, 5.74) is 2.73. The molecule has 1 fully saturated rings. The number of amides is 2. The molecule has 0 radical (unpaired) electrons. The Labute approximate surface area is 190 Å². The van der Waals surface area contributed by atoms with Crippen molar-refractivity contribution in [1.82, 2.24) is 15.5 Å². The molecule has 0 bridgehead atoms. The molecule has 6 heteroatoms. The minimum absolute atomic E-state index is 0.0709. The number of rotatable bonds is 9. The van der Waals surface area contributed by atoms with Gasteiger partial charge in [0.2, 0.25) is 5.91 Å². The van der Waals surface area contributed by atoms with Crippen LogP contribution in [0, 0.1) is 0 Å². The van der Waals surface area contributed by atoms with Crippen molar-refractivity contribution in [3.8, 4) is 0 Å². The molecular weight excluding hydrogens is 410 g/mol. The molecule has 3 rings (SSSR count). The first-order chi connectivity index (χ1) is 15.0. The molecule has 0 aromatic heterocycles. The van der Waals surface area contributed by atoms with Crippen molar-refractivity contribution in [2.45, 2.75) is 44.6 Å². The SMILES string of the molecule is CNC(=O)c1ccc(CC(CNC(=O)CC(C)c2ccccc2)N2CCCC2)c(Cl)c1. The second kappa shape index (κ2) is 11.3. The first-order valence-corrected chi connectivity index (χ1v) is 11.4. The Kier molecular flexibility index (Phi) is 8.50. The van der Waals surface area contributed by atoms with Gasteiger partial charge in [-0.2, -0.15) is 0 Å². The molecule has 0 spiro atoms. The number of halogens is 1. The lowest BCUT2D eigenvalue weighted by Crippen LogP contribution is -2.44. The predicted octanol–water partition coefficient (Wildman–Crippen LogP) is 4.02. The maximum atomic E-state index is 12.6. The quantitative estimate of drug-likeness (QED) is 0.617. The molecular formula is C25H32ClN3O2. The largest absolute Gasteiger partial charge is 0.355 e. The van der Waals surface area contributed by atoms with Crippen LogP contribution < -0.4 is 10.6 Å². The Balaban J connectivity index is 1.62. The zero-order chi connectivity index (χ0) is 22.2. The average molecular weight is 442 g/mol. The molecule has 2 unspecified atom stereocenters. The molecule has 1 heterocycles. The van der Waals surface area contributed by atoms with E-state index in [0.29, 0.717) is 23.6 Å². The highest BCUT2D eigenvalue weighted by Crippen LogP contribution is 2.23. The highest BCUT2D eigenvalue weighted by Gasteiger charge is 2.24. The minimum atomic E-state index is -0.149. The van der Waals surface area contributed by atoms with Crippen LogP contribution in [-0.4, -0.2) is 49.4 Å². The van der Waals surface area contributed by atoms with Gasteiger partial charge in [0.1, 0.15) is 0 Å². The van der Waals surface area contributed by atoms with E-state index in [0.717, 1.165) is 25.1 Å². The number of carbonyl (C=O) groups is 2. The van der Waals surface area contributed by atoms with Crippen molar-refractivity contribution < 1.29 is 9.59 Å². The molecule has 5 nitrogen and oxygen atoms in total. The molecule has 2 aromatic carbocycles. The number of carbonyl (C=O) groups excluding carboxylic acids is 2. The second-order valence-corrected chi connectivity index (χ2v) is 8.71. The summed E-state index contributed by atoms with van der Waals surface area (Å²) in [6, 6.07) is 15.8. The molecule has 2 amide bonds. The third-order valence-corrected chi connectivity index (χ3v) is 6.40. The molecule has 1 saturated heterocycles. The Morgan fingerprint density at radius 3 is 2.45 bits per heavy atom. The number of benzene rings is 2. The van der Waals surface area contributed by atoms with Gasteiger partial charge in [-0.15, -0.1) is 0 Å². The lowest BCUT2D eigenvalue weighted by Gasteiger charge is -2.28.